The molecule has 1 heterocycles. The normalized spacial score (nSPS) is 27.3. The number of methoxy groups -OCH3 is 1. The molecule has 1 aliphatic rings. The van der Waals surface area contributed by atoms with Crippen molar-refractivity contribution in [1.29, 1.82) is 0 Å². The smallest absolute Gasteiger partial charge is 0.0583 e. The Morgan fingerprint density at radius 1 is 1.64 bits per heavy atom. The van der Waals surface area contributed by atoms with Gasteiger partial charge in [0.05, 0.1) is 6.10 Å². The van der Waals surface area contributed by atoms with E-state index in [1.54, 1.807) is 0 Å². The zero-order valence-corrected chi connectivity index (χ0v) is 7.60. The molecule has 1 fully saturated rings. The average Bonchev–Trinajstić information content (AvgIpc) is 2.52. The molecule has 2 heteroatoms. The first-order valence-electron chi connectivity index (χ1n) is 4.63. The van der Waals surface area contributed by atoms with Crippen molar-refractivity contribution in [2.45, 2.75) is 44.8 Å². The highest BCUT2D eigenvalue weighted by Gasteiger charge is 2.17. The lowest BCUT2D eigenvalue weighted by Gasteiger charge is -2.17. The van der Waals surface area contributed by atoms with Gasteiger partial charge in [0.2, 0.25) is 0 Å². The molecular weight excluding hydrogens is 138 g/mol. The second-order valence-electron chi connectivity index (χ2n) is 3.29. The lowest BCUT2D eigenvalue weighted by Crippen LogP contribution is -2.27. The van der Waals surface area contributed by atoms with E-state index in [1.165, 1.54) is 25.8 Å². The van der Waals surface area contributed by atoms with Crippen LogP contribution in [0.5, 0.6) is 0 Å². The Balaban J connectivity index is 2.16. The molecule has 11 heavy (non-hydrogen) atoms. The highest BCUT2D eigenvalue weighted by atomic mass is 16.5. The topological polar surface area (TPSA) is 21.3 Å². The fraction of sp³-hybridized carbons (Fsp3) is 1.00. The summed E-state index contributed by atoms with van der Waals surface area (Å²) < 4.78 is 5.32. The van der Waals surface area contributed by atoms with Gasteiger partial charge in [0.1, 0.15) is 0 Å². The van der Waals surface area contributed by atoms with E-state index in [9.17, 15) is 0 Å². The summed E-state index contributed by atoms with van der Waals surface area (Å²) in [7, 11) is 1.81. The Kier molecular flexibility index (Phi) is 3.87. The molecule has 0 aromatic carbocycles. The van der Waals surface area contributed by atoms with E-state index in [-0.39, 0.29) is 0 Å². The van der Waals surface area contributed by atoms with Crippen molar-refractivity contribution >= 4 is 0 Å². The van der Waals surface area contributed by atoms with Crippen LogP contribution in [0, 0.1) is 0 Å². The van der Waals surface area contributed by atoms with Crippen molar-refractivity contribution in [2.24, 2.45) is 0 Å². The van der Waals surface area contributed by atoms with E-state index >= 15 is 0 Å². The van der Waals surface area contributed by atoms with Crippen LogP contribution in [0.2, 0.25) is 0 Å². The maximum absolute atomic E-state index is 5.32. The Bertz CT molecular complexity index is 95.7. The molecule has 0 amide bonds. The van der Waals surface area contributed by atoms with Crippen LogP contribution in [0.15, 0.2) is 0 Å². The van der Waals surface area contributed by atoms with Gasteiger partial charge in [0, 0.05) is 13.2 Å². The molecule has 1 rings (SSSR count). The molecule has 66 valence electrons. The van der Waals surface area contributed by atoms with Gasteiger partial charge in [0.15, 0.2) is 0 Å². The molecule has 1 saturated heterocycles. The van der Waals surface area contributed by atoms with Gasteiger partial charge in [0.25, 0.3) is 0 Å². The van der Waals surface area contributed by atoms with Gasteiger partial charge in [-0.1, -0.05) is 6.92 Å². The molecule has 0 aliphatic carbocycles. The van der Waals surface area contributed by atoms with Gasteiger partial charge < -0.3 is 10.1 Å². The van der Waals surface area contributed by atoms with E-state index in [0.717, 1.165) is 12.5 Å². The molecule has 2 atom stereocenters. The number of ether oxygens (including phenoxy) is 1. The van der Waals surface area contributed by atoms with Gasteiger partial charge in [-0.25, -0.2) is 0 Å². The summed E-state index contributed by atoms with van der Waals surface area (Å²) in [5, 5.41) is 3.48. The van der Waals surface area contributed by atoms with Crippen LogP contribution in [0.25, 0.3) is 0 Å². The minimum Gasteiger partial charge on any atom is -0.381 e. The van der Waals surface area contributed by atoms with Crippen LogP contribution >= 0.6 is 0 Å². The van der Waals surface area contributed by atoms with E-state index in [4.69, 9.17) is 4.74 Å². The Hall–Kier alpha value is -0.0800. The lowest BCUT2D eigenvalue weighted by molar-refractivity contribution is 0.0843. The monoisotopic (exact) mass is 157 g/mol. The van der Waals surface area contributed by atoms with E-state index in [2.05, 4.69) is 12.2 Å². The molecule has 0 aromatic rings. The molecular formula is C9H19NO. The molecule has 0 spiro atoms. The Labute approximate surface area is 69.3 Å². The van der Waals surface area contributed by atoms with Crippen LogP contribution in [0.3, 0.4) is 0 Å². The van der Waals surface area contributed by atoms with Gasteiger partial charge in [-0.05, 0) is 32.2 Å². The van der Waals surface area contributed by atoms with Gasteiger partial charge in [-0.3, -0.25) is 0 Å². The first-order chi connectivity index (χ1) is 5.36. The molecule has 1 aliphatic heterocycles. The zero-order valence-electron chi connectivity index (χ0n) is 7.60. The van der Waals surface area contributed by atoms with Gasteiger partial charge >= 0.3 is 0 Å². The maximum Gasteiger partial charge on any atom is 0.0583 e. The molecule has 2 nitrogen and oxygen atoms in total. The summed E-state index contributed by atoms with van der Waals surface area (Å²) >= 11 is 0. The van der Waals surface area contributed by atoms with Crippen LogP contribution in [-0.4, -0.2) is 25.8 Å². The third kappa shape index (κ3) is 2.80. The lowest BCUT2D eigenvalue weighted by atomic mass is 10.1. The summed E-state index contributed by atoms with van der Waals surface area (Å²) in [6.07, 6.45) is 5.46. The molecule has 0 saturated carbocycles. The van der Waals surface area contributed by atoms with Crippen molar-refractivity contribution in [3.8, 4) is 0 Å². The fourth-order valence-electron chi connectivity index (χ4n) is 1.70. The third-order valence-corrected chi connectivity index (χ3v) is 2.50. The summed E-state index contributed by atoms with van der Waals surface area (Å²) in [6, 6.07) is 0.722. The fourth-order valence-corrected chi connectivity index (χ4v) is 1.70. The number of nitrogens with one attached hydrogen (secondary N) is 1. The zero-order chi connectivity index (χ0) is 8.10. The van der Waals surface area contributed by atoms with Crippen LogP contribution in [0.4, 0.5) is 0 Å². The summed E-state index contributed by atoms with van der Waals surface area (Å²) in [5.41, 5.74) is 0. The summed E-state index contributed by atoms with van der Waals surface area (Å²) in [6.45, 7) is 3.38. The Morgan fingerprint density at radius 3 is 2.91 bits per heavy atom. The van der Waals surface area contributed by atoms with Gasteiger partial charge in [-0.15, -0.1) is 0 Å². The predicted octanol–water partition coefficient (Wildman–Crippen LogP) is 1.55. The van der Waals surface area contributed by atoms with Crippen molar-refractivity contribution in [3.05, 3.63) is 0 Å². The molecule has 0 aromatic heterocycles. The largest absolute Gasteiger partial charge is 0.381 e. The minimum absolute atomic E-state index is 0.464. The van der Waals surface area contributed by atoms with Crippen molar-refractivity contribution in [2.75, 3.05) is 13.7 Å². The quantitative estimate of drug-likeness (QED) is 0.668. The van der Waals surface area contributed by atoms with Crippen LogP contribution < -0.4 is 5.32 Å². The highest BCUT2D eigenvalue weighted by Crippen LogP contribution is 2.13. The summed E-state index contributed by atoms with van der Waals surface area (Å²) in [5.74, 6) is 0. The van der Waals surface area contributed by atoms with E-state index in [0.29, 0.717) is 6.10 Å². The first kappa shape index (κ1) is 9.01. The average molecular weight is 157 g/mol. The molecule has 2 unspecified atom stereocenters. The van der Waals surface area contributed by atoms with E-state index in [1.807, 2.05) is 7.11 Å². The number of rotatable bonds is 4. The summed E-state index contributed by atoms with van der Waals surface area (Å²) in [4.78, 5) is 0. The van der Waals surface area contributed by atoms with Crippen molar-refractivity contribution in [1.82, 2.24) is 5.32 Å². The molecule has 1 N–H and O–H groups in total. The number of hydrogen-bond donors (Lipinski definition) is 1. The van der Waals surface area contributed by atoms with Gasteiger partial charge in [-0.2, -0.15) is 0 Å². The molecule has 0 bridgehead atoms. The van der Waals surface area contributed by atoms with Crippen molar-refractivity contribution < 1.29 is 4.74 Å². The van der Waals surface area contributed by atoms with Crippen LogP contribution in [-0.2, 0) is 4.74 Å². The SMILES string of the molecule is CCC(CC1CCCN1)OC. The van der Waals surface area contributed by atoms with E-state index < -0.39 is 0 Å². The second kappa shape index (κ2) is 4.73. The van der Waals surface area contributed by atoms with Crippen LogP contribution in [0.1, 0.15) is 32.6 Å². The second-order valence-corrected chi connectivity index (χ2v) is 3.29. The predicted molar refractivity (Wildman–Crippen MR) is 46.7 cm³/mol. The first-order valence-corrected chi connectivity index (χ1v) is 4.63. The third-order valence-electron chi connectivity index (χ3n) is 2.50. The maximum atomic E-state index is 5.32. The highest BCUT2D eigenvalue weighted by molar-refractivity contribution is 4.76. The molecule has 0 radical (unpaired) electrons. The Morgan fingerprint density at radius 2 is 2.45 bits per heavy atom. The number of hydrogen-bond acceptors (Lipinski definition) is 2. The standard InChI is InChI=1S/C9H19NO/c1-3-9(11-2)7-8-5-4-6-10-8/h8-10H,3-7H2,1-2H3. The minimum atomic E-state index is 0.464. The van der Waals surface area contributed by atoms with Crippen molar-refractivity contribution in [3.63, 3.8) is 0 Å².